The van der Waals surface area contributed by atoms with Gasteiger partial charge in [0, 0.05) is 5.41 Å². The van der Waals surface area contributed by atoms with E-state index in [2.05, 4.69) is 40.3 Å². The molecule has 2 fully saturated rings. The average Bonchev–Trinajstić information content (AvgIpc) is 2.46. The topological polar surface area (TPSA) is 40.5 Å². The lowest BCUT2D eigenvalue weighted by molar-refractivity contribution is -0.133. The molecule has 2 N–H and O–H groups in total. The van der Waals surface area contributed by atoms with Gasteiger partial charge >= 0.3 is 0 Å². The van der Waals surface area contributed by atoms with Crippen molar-refractivity contribution in [1.29, 1.82) is 0 Å². The summed E-state index contributed by atoms with van der Waals surface area (Å²) >= 11 is 0. The summed E-state index contributed by atoms with van der Waals surface area (Å²) in [5.41, 5.74) is 1.43. The highest BCUT2D eigenvalue weighted by Gasteiger charge is 2.57. The molecule has 2 heteroatoms. The lowest BCUT2D eigenvalue weighted by Crippen LogP contribution is -2.56. The summed E-state index contributed by atoms with van der Waals surface area (Å²) in [6.45, 7) is 12.9. The molecule has 0 aromatic carbocycles. The number of hydrogen-bond donors (Lipinski definition) is 2. The van der Waals surface area contributed by atoms with Crippen molar-refractivity contribution in [3.05, 3.63) is 24.3 Å². The first kappa shape index (κ1) is 16.3. The molecule has 6 atom stereocenters. The van der Waals surface area contributed by atoms with Crippen LogP contribution in [0.1, 0.15) is 59.8 Å². The van der Waals surface area contributed by atoms with Crippen LogP contribution in [0.3, 0.4) is 0 Å². The van der Waals surface area contributed by atoms with Crippen LogP contribution in [0.4, 0.5) is 0 Å². The summed E-state index contributed by atoms with van der Waals surface area (Å²) in [7, 11) is 0. The zero-order chi connectivity index (χ0) is 16.3. The molecule has 0 amide bonds. The fourth-order valence-electron chi connectivity index (χ4n) is 5.86. The van der Waals surface area contributed by atoms with Crippen LogP contribution in [0.25, 0.3) is 0 Å². The second-order valence-electron chi connectivity index (χ2n) is 9.07. The molecular formula is C20H32O2. The fraction of sp³-hybridized carbons (Fsp3) is 0.800. The minimum atomic E-state index is -0.343. The van der Waals surface area contributed by atoms with Gasteiger partial charge in [-0.25, -0.2) is 0 Å². The van der Waals surface area contributed by atoms with Crippen LogP contribution in [0.2, 0.25) is 0 Å². The van der Waals surface area contributed by atoms with E-state index in [0.717, 1.165) is 32.1 Å². The van der Waals surface area contributed by atoms with Gasteiger partial charge in [0.05, 0.1) is 12.2 Å². The van der Waals surface area contributed by atoms with Crippen molar-refractivity contribution in [2.24, 2.45) is 28.1 Å². The van der Waals surface area contributed by atoms with Crippen molar-refractivity contribution in [1.82, 2.24) is 0 Å². The summed E-state index contributed by atoms with van der Waals surface area (Å²) in [4.78, 5) is 0. The minimum absolute atomic E-state index is 0.0251. The molecule has 0 aromatic rings. The Bertz CT molecular complexity index is 506. The molecule has 2 nitrogen and oxygen atoms in total. The van der Waals surface area contributed by atoms with Gasteiger partial charge in [0.2, 0.25) is 0 Å². The van der Waals surface area contributed by atoms with Gasteiger partial charge in [-0.3, -0.25) is 0 Å². The highest BCUT2D eigenvalue weighted by Crippen LogP contribution is 2.63. The number of rotatable bonds is 1. The molecule has 0 aromatic heterocycles. The third kappa shape index (κ3) is 2.06. The number of allylic oxidation sites excluding steroid dienone is 1. The van der Waals surface area contributed by atoms with Crippen molar-refractivity contribution in [2.75, 3.05) is 0 Å². The van der Waals surface area contributed by atoms with Crippen molar-refractivity contribution in [2.45, 2.75) is 72.0 Å². The van der Waals surface area contributed by atoms with Crippen molar-refractivity contribution in [3.63, 3.8) is 0 Å². The van der Waals surface area contributed by atoms with Crippen LogP contribution in [0.15, 0.2) is 24.3 Å². The zero-order valence-corrected chi connectivity index (χ0v) is 14.6. The molecule has 0 bridgehead atoms. The van der Waals surface area contributed by atoms with E-state index < -0.39 is 0 Å². The predicted molar refractivity (Wildman–Crippen MR) is 90.4 cm³/mol. The maximum absolute atomic E-state index is 10.7. The van der Waals surface area contributed by atoms with Gasteiger partial charge in [-0.15, -0.1) is 6.58 Å². The number of fused-ring (bicyclic) bond motifs is 3. The Labute approximate surface area is 135 Å². The van der Waals surface area contributed by atoms with Crippen molar-refractivity contribution < 1.29 is 10.2 Å². The van der Waals surface area contributed by atoms with Crippen LogP contribution in [0, 0.1) is 28.1 Å². The molecule has 0 heterocycles. The first-order chi connectivity index (χ1) is 10.1. The van der Waals surface area contributed by atoms with Crippen LogP contribution >= 0.6 is 0 Å². The molecule has 0 spiro atoms. The largest absolute Gasteiger partial charge is 0.393 e. The van der Waals surface area contributed by atoms with Crippen LogP contribution in [-0.2, 0) is 0 Å². The summed E-state index contributed by atoms with van der Waals surface area (Å²) in [6, 6.07) is 0. The molecule has 0 unspecified atom stereocenters. The van der Waals surface area contributed by atoms with Crippen LogP contribution in [0.5, 0.6) is 0 Å². The Hall–Kier alpha value is -0.600. The van der Waals surface area contributed by atoms with Crippen LogP contribution in [-0.4, -0.2) is 22.4 Å². The summed E-state index contributed by atoms with van der Waals surface area (Å²) in [6.07, 6.45) is 8.74. The Kier molecular flexibility index (Phi) is 3.66. The standard InChI is InChI=1S/C20H32O2/c1-6-19(4)12-13-7-8-15-18(2,3)16(21)9-10-20(15,5)14(13)11-17(19)22/h6,12,14-17,21-22H,1,7-11H2,2-5H3/t14-,15+,16-,17+,19+,20+/m1/s1. The Morgan fingerprint density at radius 3 is 2.45 bits per heavy atom. The molecule has 124 valence electrons. The predicted octanol–water partition coefficient (Wildman–Crippen LogP) is 4.08. The lowest BCUT2D eigenvalue weighted by Gasteiger charge is -2.61. The molecule has 2 saturated carbocycles. The molecule has 3 aliphatic rings. The maximum atomic E-state index is 10.7. The van der Waals surface area contributed by atoms with E-state index in [4.69, 9.17) is 0 Å². The SMILES string of the molecule is C=C[C@@]1(C)C=C2CC[C@H]3C(C)(C)[C@H](O)CC[C@@]3(C)[C@@H]2C[C@@H]1O. The summed E-state index contributed by atoms with van der Waals surface area (Å²) in [5, 5.41) is 21.2. The third-order valence-corrected chi connectivity index (χ3v) is 7.59. The van der Waals surface area contributed by atoms with E-state index >= 15 is 0 Å². The third-order valence-electron chi connectivity index (χ3n) is 7.59. The molecule has 3 rings (SSSR count). The second-order valence-corrected chi connectivity index (χ2v) is 9.07. The van der Waals surface area contributed by atoms with Gasteiger partial charge in [0.15, 0.2) is 0 Å². The molecule has 3 aliphatic carbocycles. The first-order valence-electron chi connectivity index (χ1n) is 8.86. The van der Waals surface area contributed by atoms with E-state index in [1.807, 2.05) is 6.08 Å². The van der Waals surface area contributed by atoms with E-state index in [1.165, 1.54) is 5.57 Å². The van der Waals surface area contributed by atoms with Crippen molar-refractivity contribution >= 4 is 0 Å². The quantitative estimate of drug-likeness (QED) is 0.717. The smallest absolute Gasteiger partial charge is 0.0668 e. The fourth-order valence-corrected chi connectivity index (χ4v) is 5.86. The van der Waals surface area contributed by atoms with Crippen LogP contribution < -0.4 is 0 Å². The van der Waals surface area contributed by atoms with Gasteiger partial charge < -0.3 is 10.2 Å². The molecule has 22 heavy (non-hydrogen) atoms. The average molecular weight is 304 g/mol. The molecule has 0 aliphatic heterocycles. The summed E-state index contributed by atoms with van der Waals surface area (Å²) in [5.74, 6) is 0.993. The molecule has 0 saturated heterocycles. The van der Waals surface area contributed by atoms with Gasteiger partial charge in [-0.2, -0.15) is 0 Å². The van der Waals surface area contributed by atoms with E-state index in [9.17, 15) is 10.2 Å². The highest BCUT2D eigenvalue weighted by molar-refractivity contribution is 5.28. The van der Waals surface area contributed by atoms with Gasteiger partial charge in [-0.1, -0.05) is 45.4 Å². The highest BCUT2D eigenvalue weighted by atomic mass is 16.3. The molecular weight excluding hydrogens is 272 g/mol. The number of aliphatic hydroxyl groups is 2. The monoisotopic (exact) mass is 304 g/mol. The maximum Gasteiger partial charge on any atom is 0.0668 e. The minimum Gasteiger partial charge on any atom is -0.393 e. The van der Waals surface area contributed by atoms with E-state index in [0.29, 0.717) is 11.8 Å². The number of hydrogen-bond acceptors (Lipinski definition) is 2. The lowest BCUT2D eigenvalue weighted by atomic mass is 9.44. The molecule has 0 radical (unpaired) electrons. The van der Waals surface area contributed by atoms with E-state index in [1.54, 1.807) is 0 Å². The van der Waals surface area contributed by atoms with Gasteiger partial charge in [0.1, 0.15) is 0 Å². The summed E-state index contributed by atoms with van der Waals surface area (Å²) < 4.78 is 0. The normalized spacial score (nSPS) is 50.5. The Morgan fingerprint density at radius 2 is 1.82 bits per heavy atom. The number of aliphatic hydroxyl groups excluding tert-OH is 2. The van der Waals surface area contributed by atoms with Gasteiger partial charge in [0.25, 0.3) is 0 Å². The second kappa shape index (κ2) is 4.95. The Balaban J connectivity index is 2.01. The zero-order valence-electron chi connectivity index (χ0n) is 14.6. The van der Waals surface area contributed by atoms with Gasteiger partial charge in [-0.05, 0) is 54.8 Å². The van der Waals surface area contributed by atoms with E-state index in [-0.39, 0.29) is 28.5 Å². The van der Waals surface area contributed by atoms with Crippen molar-refractivity contribution in [3.8, 4) is 0 Å². The first-order valence-corrected chi connectivity index (χ1v) is 8.86. The Morgan fingerprint density at radius 1 is 1.14 bits per heavy atom.